The van der Waals surface area contributed by atoms with Crippen LogP contribution in [0.1, 0.15) is 15.9 Å². The number of anilines is 2. The fourth-order valence-electron chi connectivity index (χ4n) is 4.01. The normalized spacial score (nSPS) is 14.2. The van der Waals surface area contributed by atoms with Crippen molar-refractivity contribution in [1.82, 2.24) is 30.0 Å². The van der Waals surface area contributed by atoms with Crippen LogP contribution in [0.25, 0.3) is 22.5 Å². The van der Waals surface area contributed by atoms with E-state index in [-0.39, 0.29) is 5.91 Å². The smallest absolute Gasteiger partial charge is 0.253 e. The molecule has 0 atom stereocenters. The second-order valence-electron chi connectivity index (χ2n) is 8.59. The zero-order valence-electron chi connectivity index (χ0n) is 19.3. The lowest BCUT2D eigenvalue weighted by Gasteiger charge is -2.32. The van der Waals surface area contributed by atoms with Gasteiger partial charge in [-0.05, 0) is 44.3 Å². The van der Waals surface area contributed by atoms with Gasteiger partial charge in [0.25, 0.3) is 5.91 Å². The Morgan fingerprint density at radius 1 is 0.971 bits per heavy atom. The van der Waals surface area contributed by atoms with Gasteiger partial charge >= 0.3 is 0 Å². The third-order valence-corrected chi connectivity index (χ3v) is 6.09. The number of likely N-dealkylation sites (N-methyl/N-ethyl adjacent to an activating group) is 1. The Morgan fingerprint density at radius 2 is 1.71 bits per heavy atom. The molecule has 172 valence electrons. The average Bonchev–Trinajstić information content (AvgIpc) is 3.35. The van der Waals surface area contributed by atoms with Gasteiger partial charge in [0, 0.05) is 54.8 Å². The van der Waals surface area contributed by atoms with Crippen LogP contribution in [-0.4, -0.2) is 69.1 Å². The lowest BCUT2D eigenvalue weighted by atomic mass is 10.0. The minimum atomic E-state index is 0.0708. The summed E-state index contributed by atoms with van der Waals surface area (Å²) in [6.07, 6.45) is 3.50. The number of aromatic amines is 1. The van der Waals surface area contributed by atoms with Crippen LogP contribution in [0.4, 0.5) is 11.6 Å². The van der Waals surface area contributed by atoms with Gasteiger partial charge in [-0.25, -0.2) is 9.97 Å². The summed E-state index contributed by atoms with van der Waals surface area (Å²) in [6.45, 7) is 5.39. The molecule has 5 rings (SSSR count). The third kappa shape index (κ3) is 4.67. The Hall–Kier alpha value is -4.04. The number of carbonyl (C=O) groups is 1. The topological polar surface area (TPSA) is 90.0 Å². The maximum Gasteiger partial charge on any atom is 0.253 e. The van der Waals surface area contributed by atoms with Crippen LogP contribution >= 0.6 is 0 Å². The van der Waals surface area contributed by atoms with Crippen molar-refractivity contribution in [3.63, 3.8) is 0 Å². The van der Waals surface area contributed by atoms with Crippen molar-refractivity contribution in [2.75, 3.05) is 38.5 Å². The first-order chi connectivity index (χ1) is 16.6. The first-order valence-electron chi connectivity index (χ1n) is 11.4. The summed E-state index contributed by atoms with van der Waals surface area (Å²) in [5.74, 6) is 0.549. The van der Waals surface area contributed by atoms with E-state index in [1.54, 1.807) is 12.4 Å². The molecule has 0 unspecified atom stereocenters. The fourth-order valence-corrected chi connectivity index (χ4v) is 4.01. The van der Waals surface area contributed by atoms with Gasteiger partial charge in [-0.1, -0.05) is 29.8 Å². The Morgan fingerprint density at radius 3 is 2.44 bits per heavy atom. The molecular weight excluding hydrogens is 426 g/mol. The number of nitrogens with zero attached hydrogens (tertiary/aromatic N) is 5. The zero-order valence-corrected chi connectivity index (χ0v) is 19.3. The summed E-state index contributed by atoms with van der Waals surface area (Å²) in [7, 11) is 2.08. The van der Waals surface area contributed by atoms with Gasteiger partial charge in [-0.15, -0.1) is 0 Å². The summed E-state index contributed by atoms with van der Waals surface area (Å²) in [5, 5.41) is 10.6. The molecule has 8 nitrogen and oxygen atoms in total. The van der Waals surface area contributed by atoms with Crippen molar-refractivity contribution < 1.29 is 4.79 Å². The largest absolute Gasteiger partial charge is 0.336 e. The minimum Gasteiger partial charge on any atom is -0.336 e. The number of hydrogen-bond acceptors (Lipinski definition) is 6. The second kappa shape index (κ2) is 9.44. The second-order valence-corrected chi connectivity index (χ2v) is 8.59. The highest BCUT2D eigenvalue weighted by Crippen LogP contribution is 2.29. The van der Waals surface area contributed by atoms with E-state index in [0.29, 0.717) is 11.5 Å². The molecule has 2 aromatic heterocycles. The van der Waals surface area contributed by atoms with Crippen LogP contribution in [0.3, 0.4) is 0 Å². The number of aryl methyl sites for hydroxylation is 1. The van der Waals surface area contributed by atoms with Crippen molar-refractivity contribution >= 4 is 17.5 Å². The van der Waals surface area contributed by atoms with Gasteiger partial charge in [0.15, 0.2) is 0 Å². The number of nitrogens with one attached hydrogen (secondary N) is 2. The standard InChI is InChI=1S/C26H27N7O/c1-18-3-5-19(6-4-18)24-22(17-28-31-24)23-11-12-27-26(30-23)29-21-9-7-20(8-10-21)25(34)33-15-13-32(2)14-16-33/h3-12,17H,13-16H2,1-2H3,(H,28,31)(H,27,29,30). The van der Waals surface area contributed by atoms with Crippen LogP contribution in [0.5, 0.6) is 0 Å². The van der Waals surface area contributed by atoms with Gasteiger partial charge in [0.2, 0.25) is 5.95 Å². The van der Waals surface area contributed by atoms with Crippen LogP contribution in [-0.2, 0) is 0 Å². The van der Waals surface area contributed by atoms with Gasteiger partial charge in [-0.3, -0.25) is 9.89 Å². The molecular formula is C26H27N7O. The molecule has 0 spiro atoms. The van der Waals surface area contributed by atoms with Crippen LogP contribution < -0.4 is 5.32 Å². The molecule has 2 aromatic carbocycles. The van der Waals surface area contributed by atoms with Gasteiger partial charge in [0.05, 0.1) is 17.6 Å². The number of H-pyrrole nitrogens is 1. The molecule has 2 N–H and O–H groups in total. The Kier molecular flexibility index (Phi) is 6.05. The van der Waals surface area contributed by atoms with Crippen molar-refractivity contribution in [2.24, 2.45) is 0 Å². The van der Waals surface area contributed by atoms with E-state index >= 15 is 0 Å². The van der Waals surface area contributed by atoms with E-state index in [1.165, 1.54) is 5.56 Å². The zero-order chi connectivity index (χ0) is 23.5. The average molecular weight is 454 g/mol. The molecule has 1 aliphatic heterocycles. The first kappa shape index (κ1) is 21.8. The molecule has 0 bridgehead atoms. The highest BCUT2D eigenvalue weighted by Gasteiger charge is 2.20. The molecule has 1 saturated heterocycles. The quantitative estimate of drug-likeness (QED) is 0.475. The van der Waals surface area contributed by atoms with E-state index in [0.717, 1.165) is 54.4 Å². The van der Waals surface area contributed by atoms with E-state index < -0.39 is 0 Å². The maximum atomic E-state index is 12.8. The number of carbonyl (C=O) groups excluding carboxylic acids is 1. The number of amides is 1. The molecule has 1 amide bonds. The highest BCUT2D eigenvalue weighted by atomic mass is 16.2. The molecule has 0 radical (unpaired) electrons. The van der Waals surface area contributed by atoms with Gasteiger partial charge in [-0.2, -0.15) is 5.10 Å². The van der Waals surface area contributed by atoms with E-state index in [2.05, 4.69) is 63.6 Å². The number of rotatable bonds is 5. The SMILES string of the molecule is Cc1ccc(-c2[nH]ncc2-c2ccnc(Nc3ccc(C(=O)N4CCN(C)CC4)cc3)n2)cc1. The summed E-state index contributed by atoms with van der Waals surface area (Å²) < 4.78 is 0. The Balaban J connectivity index is 1.31. The van der Waals surface area contributed by atoms with Crippen LogP contribution in [0, 0.1) is 6.92 Å². The van der Waals surface area contributed by atoms with Crippen molar-refractivity contribution in [3.05, 3.63) is 78.1 Å². The Bertz CT molecular complexity index is 1270. The minimum absolute atomic E-state index is 0.0708. The van der Waals surface area contributed by atoms with Crippen molar-refractivity contribution in [1.29, 1.82) is 0 Å². The molecule has 1 aliphatic rings. The molecule has 4 aromatic rings. The molecule has 0 aliphatic carbocycles. The summed E-state index contributed by atoms with van der Waals surface area (Å²) in [4.78, 5) is 26.0. The fraction of sp³-hybridized carbons (Fsp3) is 0.231. The van der Waals surface area contributed by atoms with Crippen LogP contribution in [0.15, 0.2) is 67.0 Å². The predicted octanol–water partition coefficient (Wildman–Crippen LogP) is 3.97. The first-order valence-corrected chi connectivity index (χ1v) is 11.4. The van der Waals surface area contributed by atoms with Gasteiger partial charge < -0.3 is 15.1 Å². The Labute approximate surface area is 198 Å². The number of benzene rings is 2. The molecule has 8 heteroatoms. The number of aromatic nitrogens is 4. The predicted molar refractivity (Wildman–Crippen MR) is 133 cm³/mol. The van der Waals surface area contributed by atoms with E-state index in [9.17, 15) is 4.79 Å². The monoisotopic (exact) mass is 453 g/mol. The van der Waals surface area contributed by atoms with Crippen molar-refractivity contribution in [2.45, 2.75) is 6.92 Å². The maximum absolute atomic E-state index is 12.8. The molecule has 3 heterocycles. The summed E-state index contributed by atoms with van der Waals surface area (Å²) in [6, 6.07) is 17.6. The highest BCUT2D eigenvalue weighted by molar-refractivity contribution is 5.94. The number of hydrogen-bond donors (Lipinski definition) is 2. The third-order valence-electron chi connectivity index (χ3n) is 6.09. The lowest BCUT2D eigenvalue weighted by molar-refractivity contribution is 0.0664. The summed E-state index contributed by atoms with van der Waals surface area (Å²) in [5.41, 5.74) is 6.34. The van der Waals surface area contributed by atoms with Crippen molar-refractivity contribution in [3.8, 4) is 22.5 Å². The molecule has 0 saturated carbocycles. The molecule has 34 heavy (non-hydrogen) atoms. The van der Waals surface area contributed by atoms with Gasteiger partial charge in [0.1, 0.15) is 0 Å². The van der Waals surface area contributed by atoms with Crippen LogP contribution in [0.2, 0.25) is 0 Å². The van der Waals surface area contributed by atoms with E-state index in [1.807, 2.05) is 35.2 Å². The summed E-state index contributed by atoms with van der Waals surface area (Å²) >= 11 is 0. The molecule has 1 fully saturated rings. The lowest BCUT2D eigenvalue weighted by Crippen LogP contribution is -2.47. The van der Waals surface area contributed by atoms with E-state index in [4.69, 9.17) is 4.98 Å². The number of piperazine rings is 1.